The first-order valence-corrected chi connectivity index (χ1v) is 9.45. The fraction of sp³-hybridized carbons (Fsp3) is 0.588. The van der Waals surface area contributed by atoms with Crippen LogP contribution in [0.3, 0.4) is 0 Å². The number of hydrogen-bond acceptors (Lipinski definition) is 3. The molecule has 1 unspecified atom stereocenters. The Balaban J connectivity index is 0.00000288. The van der Waals surface area contributed by atoms with Crippen LogP contribution in [0.5, 0.6) is 0 Å². The van der Waals surface area contributed by atoms with E-state index in [2.05, 4.69) is 10.3 Å². The van der Waals surface area contributed by atoms with Crippen molar-refractivity contribution in [1.29, 1.82) is 0 Å². The van der Waals surface area contributed by atoms with Crippen LogP contribution in [0.25, 0.3) is 0 Å². The molecule has 0 saturated heterocycles. The monoisotopic (exact) mass is 465 g/mol. The molecule has 0 radical (unpaired) electrons. The first kappa shape index (κ1) is 21.4. The molecule has 0 spiro atoms. The molecule has 0 amide bonds. The number of aliphatic imine (C=N–C) groups is 1. The lowest BCUT2D eigenvalue weighted by Gasteiger charge is -2.22. The number of benzene rings is 1. The summed E-state index contributed by atoms with van der Waals surface area (Å²) >= 11 is 0. The largest absolute Gasteiger partial charge is 0.379 e. The average Bonchev–Trinajstić information content (AvgIpc) is 3.40. The second kappa shape index (κ2) is 11.8. The van der Waals surface area contributed by atoms with Crippen LogP contribution in [0.4, 0.5) is 0 Å². The van der Waals surface area contributed by atoms with Gasteiger partial charge in [-0.3, -0.25) is 9.20 Å². The summed E-state index contributed by atoms with van der Waals surface area (Å²) in [5, 5.41) is 3.26. The molecule has 1 aliphatic rings. The highest BCUT2D eigenvalue weighted by molar-refractivity contribution is 14.0. The van der Waals surface area contributed by atoms with Gasteiger partial charge in [-0.1, -0.05) is 18.2 Å². The van der Waals surface area contributed by atoms with Gasteiger partial charge in [0.05, 0.1) is 17.4 Å². The molecule has 136 valence electrons. The zero-order valence-electron chi connectivity index (χ0n) is 14.4. The molecule has 1 aromatic rings. The summed E-state index contributed by atoms with van der Waals surface area (Å²) in [6.45, 7) is 3.02. The molecular formula is C17H28IN3O2S. The molecule has 5 nitrogen and oxygen atoms in total. The maximum atomic E-state index is 12.2. The number of likely N-dealkylation sites (N-methyl/N-ethyl adjacent to an activating group) is 1. The number of halogens is 1. The van der Waals surface area contributed by atoms with E-state index in [1.165, 1.54) is 12.8 Å². The summed E-state index contributed by atoms with van der Waals surface area (Å²) in [7, 11) is 2.77. The Morgan fingerprint density at radius 1 is 1.38 bits per heavy atom. The molecular weight excluding hydrogens is 437 g/mol. The lowest BCUT2D eigenvalue weighted by molar-refractivity contribution is 0.115. The third kappa shape index (κ3) is 7.94. The maximum absolute atomic E-state index is 12.2. The van der Waals surface area contributed by atoms with Crippen LogP contribution < -0.4 is 5.32 Å². The van der Waals surface area contributed by atoms with Crippen molar-refractivity contribution in [3.8, 4) is 0 Å². The zero-order chi connectivity index (χ0) is 16.5. The van der Waals surface area contributed by atoms with Gasteiger partial charge in [0.1, 0.15) is 0 Å². The van der Waals surface area contributed by atoms with Crippen LogP contribution >= 0.6 is 24.0 Å². The van der Waals surface area contributed by atoms with Crippen LogP contribution in [0.1, 0.15) is 12.8 Å². The van der Waals surface area contributed by atoms with Crippen molar-refractivity contribution in [3.05, 3.63) is 30.3 Å². The Morgan fingerprint density at radius 2 is 2.08 bits per heavy atom. The number of rotatable bonds is 9. The zero-order valence-corrected chi connectivity index (χ0v) is 17.6. The fourth-order valence-electron chi connectivity index (χ4n) is 2.17. The van der Waals surface area contributed by atoms with Crippen molar-refractivity contribution < 1.29 is 8.95 Å². The van der Waals surface area contributed by atoms with Crippen LogP contribution in [-0.4, -0.2) is 61.2 Å². The van der Waals surface area contributed by atoms with E-state index in [4.69, 9.17) is 4.74 Å². The van der Waals surface area contributed by atoms with E-state index >= 15 is 0 Å². The number of hydrogen-bond donors (Lipinski definition) is 1. The van der Waals surface area contributed by atoms with Crippen molar-refractivity contribution in [2.75, 3.05) is 46.2 Å². The van der Waals surface area contributed by atoms with E-state index in [1.807, 2.05) is 42.3 Å². The molecule has 24 heavy (non-hydrogen) atoms. The Hall–Kier alpha value is -0.670. The van der Waals surface area contributed by atoms with Crippen molar-refractivity contribution in [1.82, 2.24) is 10.2 Å². The van der Waals surface area contributed by atoms with E-state index in [-0.39, 0.29) is 24.0 Å². The third-order valence-corrected chi connectivity index (χ3v) is 5.14. The summed E-state index contributed by atoms with van der Waals surface area (Å²) in [5.41, 5.74) is 0. The second-order valence-corrected chi connectivity index (χ2v) is 7.35. The van der Waals surface area contributed by atoms with E-state index in [9.17, 15) is 4.21 Å². The molecule has 7 heteroatoms. The van der Waals surface area contributed by atoms with Gasteiger partial charge in [-0.15, -0.1) is 24.0 Å². The molecule has 1 aliphatic carbocycles. The van der Waals surface area contributed by atoms with E-state index < -0.39 is 10.8 Å². The van der Waals surface area contributed by atoms with Gasteiger partial charge in [-0.2, -0.15) is 0 Å². The van der Waals surface area contributed by atoms with Crippen LogP contribution in [0.15, 0.2) is 40.2 Å². The Labute approximate surface area is 164 Å². The molecule has 2 rings (SSSR count). The van der Waals surface area contributed by atoms with Gasteiger partial charge in [-0.25, -0.2) is 0 Å². The van der Waals surface area contributed by atoms with E-state index in [1.54, 1.807) is 7.05 Å². The summed E-state index contributed by atoms with van der Waals surface area (Å²) in [6.07, 6.45) is 2.63. The Kier molecular flexibility index (Phi) is 10.5. The average molecular weight is 465 g/mol. The smallest absolute Gasteiger partial charge is 0.193 e. The second-order valence-electron chi connectivity index (χ2n) is 5.78. The first-order valence-electron chi connectivity index (χ1n) is 8.13. The molecule has 0 aliphatic heterocycles. The predicted octanol–water partition coefficient (Wildman–Crippen LogP) is 2.35. The minimum atomic E-state index is -0.981. The summed E-state index contributed by atoms with van der Waals surface area (Å²) in [5.74, 6) is 2.17. The number of guanidine groups is 1. The quantitative estimate of drug-likeness (QED) is 0.263. The van der Waals surface area contributed by atoms with Crippen molar-refractivity contribution >= 4 is 40.7 Å². The summed E-state index contributed by atoms with van der Waals surface area (Å²) < 4.78 is 17.8. The minimum absolute atomic E-state index is 0. The molecule has 1 aromatic carbocycles. The molecule has 1 fully saturated rings. The van der Waals surface area contributed by atoms with Gasteiger partial charge in [0.15, 0.2) is 5.96 Å². The van der Waals surface area contributed by atoms with Gasteiger partial charge in [0.2, 0.25) is 0 Å². The molecule has 0 bridgehead atoms. The normalized spacial score (nSPS) is 15.5. The summed E-state index contributed by atoms with van der Waals surface area (Å²) in [4.78, 5) is 7.17. The molecule has 1 atom stereocenters. The Bertz CT molecular complexity index is 524. The van der Waals surface area contributed by atoms with Crippen molar-refractivity contribution in [2.24, 2.45) is 10.9 Å². The molecule has 0 aromatic heterocycles. The lowest BCUT2D eigenvalue weighted by Crippen LogP contribution is -2.42. The van der Waals surface area contributed by atoms with Crippen molar-refractivity contribution in [2.45, 2.75) is 17.7 Å². The van der Waals surface area contributed by atoms with Gasteiger partial charge in [0.25, 0.3) is 0 Å². The highest BCUT2D eigenvalue weighted by Crippen LogP contribution is 2.28. The van der Waals surface area contributed by atoms with Crippen LogP contribution in [0, 0.1) is 5.92 Å². The van der Waals surface area contributed by atoms with Gasteiger partial charge in [-0.05, 0) is 30.9 Å². The molecule has 0 heterocycles. The van der Waals surface area contributed by atoms with E-state index in [0.717, 1.165) is 29.9 Å². The van der Waals surface area contributed by atoms with Gasteiger partial charge in [0, 0.05) is 44.4 Å². The third-order valence-electron chi connectivity index (χ3n) is 3.77. The fourth-order valence-corrected chi connectivity index (χ4v) is 3.16. The molecule has 1 N–H and O–H groups in total. The highest BCUT2D eigenvalue weighted by atomic mass is 127. The maximum Gasteiger partial charge on any atom is 0.193 e. The minimum Gasteiger partial charge on any atom is -0.379 e. The van der Waals surface area contributed by atoms with Crippen molar-refractivity contribution in [3.63, 3.8) is 0 Å². The highest BCUT2D eigenvalue weighted by Gasteiger charge is 2.21. The standard InChI is InChI=1S/C17H27N3O2S.HI/c1-18-17(20(2)11-12-22-14-15-8-9-15)19-10-13-23(21)16-6-4-3-5-7-16;/h3-7,15H,8-14H2,1-2H3,(H,18,19);1H. The van der Waals surface area contributed by atoms with E-state index in [0.29, 0.717) is 18.9 Å². The summed E-state index contributed by atoms with van der Waals surface area (Å²) in [6, 6.07) is 9.55. The number of nitrogens with one attached hydrogen (secondary N) is 1. The predicted molar refractivity (Wildman–Crippen MR) is 111 cm³/mol. The molecule has 1 saturated carbocycles. The number of ether oxygens (including phenoxy) is 1. The van der Waals surface area contributed by atoms with Gasteiger partial charge < -0.3 is 15.0 Å². The lowest BCUT2D eigenvalue weighted by atomic mass is 10.4. The first-order chi connectivity index (χ1) is 11.2. The van der Waals surface area contributed by atoms with Crippen LogP contribution in [0.2, 0.25) is 0 Å². The SMILES string of the molecule is CN=C(NCCS(=O)c1ccccc1)N(C)CCOCC1CC1.I. The number of nitrogens with zero attached hydrogens (tertiary/aromatic N) is 2. The van der Waals surface area contributed by atoms with Gasteiger partial charge >= 0.3 is 0 Å². The topological polar surface area (TPSA) is 53.9 Å². The Morgan fingerprint density at radius 3 is 2.71 bits per heavy atom. The van der Waals surface area contributed by atoms with Crippen LogP contribution in [-0.2, 0) is 15.5 Å².